The van der Waals surface area contributed by atoms with Crippen molar-refractivity contribution in [2.45, 2.75) is 26.3 Å². The molecule has 0 saturated heterocycles. The summed E-state index contributed by atoms with van der Waals surface area (Å²) in [7, 11) is 0. The number of aromatic nitrogens is 1. The molecule has 1 aromatic heterocycles. The summed E-state index contributed by atoms with van der Waals surface area (Å²) in [6.45, 7) is 4.37. The maximum Gasteiger partial charge on any atom is 0.169 e. The third-order valence-corrected chi connectivity index (χ3v) is 2.90. The van der Waals surface area contributed by atoms with Crippen molar-refractivity contribution in [2.75, 3.05) is 0 Å². The van der Waals surface area contributed by atoms with Crippen molar-refractivity contribution in [3.63, 3.8) is 0 Å². The van der Waals surface area contributed by atoms with Crippen LogP contribution in [0.2, 0.25) is 0 Å². The van der Waals surface area contributed by atoms with Crippen molar-refractivity contribution in [2.24, 2.45) is 0 Å². The molecular formula is C15H18IN. The van der Waals surface area contributed by atoms with E-state index in [2.05, 4.69) is 73.3 Å². The molecule has 0 bridgehead atoms. The quantitative estimate of drug-likeness (QED) is 0.551. The van der Waals surface area contributed by atoms with E-state index in [0.717, 1.165) is 6.42 Å². The minimum Gasteiger partial charge on any atom is -1.00 e. The van der Waals surface area contributed by atoms with Gasteiger partial charge in [0.1, 0.15) is 0 Å². The average molecular weight is 339 g/mol. The molecule has 1 nitrogen and oxygen atoms in total. The van der Waals surface area contributed by atoms with E-state index < -0.39 is 0 Å². The lowest BCUT2D eigenvalue weighted by Crippen LogP contribution is -3.00. The van der Waals surface area contributed by atoms with E-state index in [-0.39, 0.29) is 24.0 Å². The SMILES string of the molecule is Cc1cc[n+](C(C)Cc2ccccc2)cc1.[I-]. The second-order valence-electron chi connectivity index (χ2n) is 4.36. The lowest BCUT2D eigenvalue weighted by Gasteiger charge is -2.07. The standard InChI is InChI=1S/C15H18N.HI/c1-13-8-10-16(11-9-13)14(2)12-15-6-4-3-5-7-15;/h3-11,14H,12H2,1-2H3;1H/q+1;/p-1. The van der Waals surface area contributed by atoms with Crippen LogP contribution in [0.3, 0.4) is 0 Å². The molecule has 0 spiro atoms. The van der Waals surface area contributed by atoms with E-state index in [0.29, 0.717) is 6.04 Å². The summed E-state index contributed by atoms with van der Waals surface area (Å²) in [5.74, 6) is 0. The van der Waals surface area contributed by atoms with Crippen molar-refractivity contribution in [3.8, 4) is 0 Å². The lowest BCUT2D eigenvalue weighted by atomic mass is 10.1. The summed E-state index contributed by atoms with van der Waals surface area (Å²) < 4.78 is 2.26. The van der Waals surface area contributed by atoms with Gasteiger partial charge < -0.3 is 24.0 Å². The highest BCUT2D eigenvalue weighted by Gasteiger charge is 2.11. The van der Waals surface area contributed by atoms with Crippen molar-refractivity contribution in [1.29, 1.82) is 0 Å². The van der Waals surface area contributed by atoms with Crippen molar-refractivity contribution in [3.05, 3.63) is 66.0 Å². The molecule has 2 rings (SSSR count). The third kappa shape index (κ3) is 4.11. The fourth-order valence-electron chi connectivity index (χ4n) is 1.87. The van der Waals surface area contributed by atoms with Gasteiger partial charge in [-0.15, -0.1) is 0 Å². The van der Waals surface area contributed by atoms with Gasteiger partial charge in [0, 0.05) is 18.6 Å². The van der Waals surface area contributed by atoms with E-state index in [9.17, 15) is 0 Å². The third-order valence-electron chi connectivity index (χ3n) is 2.90. The van der Waals surface area contributed by atoms with Gasteiger partial charge in [-0.25, -0.2) is 4.57 Å². The van der Waals surface area contributed by atoms with Gasteiger partial charge in [-0.05, 0) is 25.0 Å². The van der Waals surface area contributed by atoms with E-state index in [1.165, 1.54) is 11.1 Å². The number of benzene rings is 1. The van der Waals surface area contributed by atoms with Crippen molar-refractivity contribution < 1.29 is 28.5 Å². The molecule has 0 radical (unpaired) electrons. The predicted octanol–water partition coefficient (Wildman–Crippen LogP) is 0.0902. The zero-order chi connectivity index (χ0) is 11.4. The van der Waals surface area contributed by atoms with Gasteiger partial charge in [0.25, 0.3) is 0 Å². The Morgan fingerprint density at radius 2 is 1.59 bits per heavy atom. The predicted molar refractivity (Wildman–Crippen MR) is 66.2 cm³/mol. The normalized spacial score (nSPS) is 11.6. The monoisotopic (exact) mass is 339 g/mol. The highest BCUT2D eigenvalue weighted by atomic mass is 127. The Morgan fingerprint density at radius 1 is 1.00 bits per heavy atom. The zero-order valence-corrected chi connectivity index (χ0v) is 12.5. The van der Waals surface area contributed by atoms with Crippen LogP contribution in [0, 0.1) is 6.92 Å². The summed E-state index contributed by atoms with van der Waals surface area (Å²) in [6, 6.07) is 15.4. The zero-order valence-electron chi connectivity index (χ0n) is 10.3. The maximum absolute atomic E-state index is 2.26. The minimum atomic E-state index is 0. The summed E-state index contributed by atoms with van der Waals surface area (Å²) >= 11 is 0. The molecule has 0 aliphatic heterocycles. The lowest BCUT2D eigenvalue weighted by molar-refractivity contribution is -0.719. The second-order valence-corrected chi connectivity index (χ2v) is 4.36. The van der Waals surface area contributed by atoms with Crippen LogP contribution in [0.15, 0.2) is 54.9 Å². The molecule has 1 unspecified atom stereocenters. The molecule has 1 atom stereocenters. The molecular weight excluding hydrogens is 321 g/mol. The smallest absolute Gasteiger partial charge is 0.169 e. The molecule has 17 heavy (non-hydrogen) atoms. The van der Waals surface area contributed by atoms with Gasteiger partial charge in [0.05, 0.1) is 0 Å². The van der Waals surface area contributed by atoms with Crippen molar-refractivity contribution in [1.82, 2.24) is 0 Å². The van der Waals surface area contributed by atoms with Gasteiger partial charge in [0.15, 0.2) is 18.4 Å². The molecule has 0 fully saturated rings. The van der Waals surface area contributed by atoms with Crippen LogP contribution in [0.5, 0.6) is 0 Å². The maximum atomic E-state index is 2.26. The molecule has 2 aromatic rings. The number of aryl methyl sites for hydroxylation is 1. The van der Waals surface area contributed by atoms with Gasteiger partial charge in [-0.2, -0.15) is 0 Å². The number of rotatable bonds is 3. The highest BCUT2D eigenvalue weighted by molar-refractivity contribution is 5.14. The van der Waals surface area contributed by atoms with E-state index in [1.807, 2.05) is 0 Å². The Hall–Kier alpha value is -0.900. The Bertz CT molecular complexity index is 436. The molecule has 0 amide bonds. The first-order chi connectivity index (χ1) is 7.75. The van der Waals surface area contributed by atoms with Gasteiger partial charge in [-0.3, -0.25) is 0 Å². The first-order valence-corrected chi connectivity index (χ1v) is 5.77. The Kier molecular flexibility index (Phi) is 5.62. The molecule has 0 aliphatic carbocycles. The summed E-state index contributed by atoms with van der Waals surface area (Å²) in [4.78, 5) is 0. The molecule has 0 N–H and O–H groups in total. The van der Waals surface area contributed by atoms with Crippen molar-refractivity contribution >= 4 is 0 Å². The van der Waals surface area contributed by atoms with Crippen LogP contribution in [-0.4, -0.2) is 0 Å². The molecule has 1 aromatic carbocycles. The van der Waals surface area contributed by atoms with Gasteiger partial charge in [0.2, 0.25) is 0 Å². The number of nitrogens with zero attached hydrogens (tertiary/aromatic N) is 1. The second kappa shape index (κ2) is 6.74. The summed E-state index contributed by atoms with van der Waals surface area (Å²) in [6.07, 6.45) is 5.39. The van der Waals surface area contributed by atoms with E-state index in [1.54, 1.807) is 0 Å². The highest BCUT2D eigenvalue weighted by Crippen LogP contribution is 2.07. The number of halogens is 1. The largest absolute Gasteiger partial charge is 1.00 e. The van der Waals surface area contributed by atoms with E-state index in [4.69, 9.17) is 0 Å². The number of hydrogen-bond acceptors (Lipinski definition) is 0. The topological polar surface area (TPSA) is 3.88 Å². The number of pyridine rings is 1. The first kappa shape index (κ1) is 14.2. The first-order valence-electron chi connectivity index (χ1n) is 5.77. The van der Waals surface area contributed by atoms with Crippen LogP contribution in [0.4, 0.5) is 0 Å². The summed E-state index contributed by atoms with van der Waals surface area (Å²) in [5, 5.41) is 0. The molecule has 0 saturated carbocycles. The minimum absolute atomic E-state index is 0. The van der Waals surface area contributed by atoms with Gasteiger partial charge in [-0.1, -0.05) is 30.3 Å². The Balaban J connectivity index is 0.00000144. The van der Waals surface area contributed by atoms with Gasteiger partial charge >= 0.3 is 0 Å². The van der Waals surface area contributed by atoms with Crippen LogP contribution in [-0.2, 0) is 6.42 Å². The molecule has 90 valence electrons. The van der Waals surface area contributed by atoms with Crippen LogP contribution in [0.25, 0.3) is 0 Å². The molecule has 0 aliphatic rings. The summed E-state index contributed by atoms with van der Waals surface area (Å²) in [5.41, 5.74) is 2.70. The van der Waals surface area contributed by atoms with E-state index >= 15 is 0 Å². The van der Waals surface area contributed by atoms with Crippen LogP contribution < -0.4 is 28.5 Å². The Labute approximate surface area is 121 Å². The number of hydrogen-bond donors (Lipinski definition) is 0. The fraction of sp³-hybridized carbons (Fsp3) is 0.267. The Morgan fingerprint density at radius 3 is 2.18 bits per heavy atom. The van der Waals surface area contributed by atoms with Crippen LogP contribution in [0.1, 0.15) is 24.1 Å². The van der Waals surface area contributed by atoms with Crippen LogP contribution >= 0.6 is 0 Å². The fourth-order valence-corrected chi connectivity index (χ4v) is 1.87. The molecule has 1 heterocycles. The average Bonchev–Trinajstić information content (AvgIpc) is 2.31. The molecule has 2 heteroatoms.